The van der Waals surface area contributed by atoms with Crippen molar-refractivity contribution in [2.75, 3.05) is 21.3 Å². The lowest BCUT2D eigenvalue weighted by Crippen LogP contribution is -2.45. The summed E-state index contributed by atoms with van der Waals surface area (Å²) in [6, 6.07) is 6.58. The van der Waals surface area contributed by atoms with Crippen molar-refractivity contribution < 1.29 is 33.7 Å². The van der Waals surface area contributed by atoms with E-state index in [9.17, 15) is 19.5 Å². The maximum atomic E-state index is 13.4. The number of ether oxygens (including phenoxy) is 3. The Labute approximate surface area is 173 Å². The third-order valence-electron chi connectivity index (χ3n) is 6.08. The number of benzene rings is 2. The van der Waals surface area contributed by atoms with Gasteiger partial charge in [0.15, 0.2) is 17.3 Å². The highest BCUT2D eigenvalue weighted by Crippen LogP contribution is 2.51. The highest BCUT2D eigenvalue weighted by Gasteiger charge is 2.48. The summed E-state index contributed by atoms with van der Waals surface area (Å²) < 4.78 is 16.8. The lowest BCUT2D eigenvalue weighted by atomic mass is 9.72. The summed E-state index contributed by atoms with van der Waals surface area (Å²) in [6.07, 6.45) is -0.798. The molecule has 0 spiro atoms. The molecule has 0 aromatic heterocycles. The van der Waals surface area contributed by atoms with E-state index in [1.165, 1.54) is 28.3 Å². The molecular formula is C23H22O7. The van der Waals surface area contributed by atoms with Crippen LogP contribution in [-0.2, 0) is 16.0 Å². The third kappa shape index (κ3) is 2.62. The van der Waals surface area contributed by atoms with Gasteiger partial charge in [0.1, 0.15) is 17.1 Å². The normalized spacial score (nSPS) is 22.1. The fraction of sp³-hybridized carbons (Fsp3) is 0.348. The van der Waals surface area contributed by atoms with E-state index in [0.29, 0.717) is 16.7 Å². The second-order valence-electron chi connectivity index (χ2n) is 7.61. The summed E-state index contributed by atoms with van der Waals surface area (Å²) in [4.78, 5) is 39.0. The standard InChI is InChI=1S/C23H22O7/c1-11(24)23(27)9-14-16(15(10-23)28-2)22(30-4)18-17(21(14)29-3)19(25)12-7-5-6-8-13(12)20(18)26/h5-8,15,27H,9-10H2,1-4H3/t15-,23-/m1/s1. The summed E-state index contributed by atoms with van der Waals surface area (Å²) in [5, 5.41) is 11.0. The van der Waals surface area contributed by atoms with Gasteiger partial charge in [0.25, 0.3) is 0 Å². The molecule has 30 heavy (non-hydrogen) atoms. The fourth-order valence-electron chi connectivity index (χ4n) is 4.55. The Balaban J connectivity index is 2.11. The van der Waals surface area contributed by atoms with E-state index in [4.69, 9.17) is 14.2 Å². The molecule has 7 nitrogen and oxygen atoms in total. The fourth-order valence-corrected chi connectivity index (χ4v) is 4.55. The van der Waals surface area contributed by atoms with Crippen LogP contribution in [0.5, 0.6) is 11.5 Å². The average Bonchev–Trinajstić information content (AvgIpc) is 2.75. The van der Waals surface area contributed by atoms with Crippen LogP contribution in [0.3, 0.4) is 0 Å². The lowest BCUT2D eigenvalue weighted by Gasteiger charge is -2.39. The number of carbonyl (C=O) groups excluding carboxylic acids is 3. The van der Waals surface area contributed by atoms with Crippen molar-refractivity contribution >= 4 is 17.3 Å². The molecule has 2 aromatic carbocycles. The molecule has 0 aliphatic heterocycles. The number of carbonyl (C=O) groups is 3. The minimum atomic E-state index is -1.68. The monoisotopic (exact) mass is 410 g/mol. The number of rotatable bonds is 4. The van der Waals surface area contributed by atoms with Gasteiger partial charge in [-0.05, 0) is 6.92 Å². The second kappa shape index (κ2) is 7.04. The minimum absolute atomic E-state index is 0.00284. The third-order valence-corrected chi connectivity index (χ3v) is 6.08. The molecule has 0 heterocycles. The van der Waals surface area contributed by atoms with Crippen LogP contribution >= 0.6 is 0 Å². The average molecular weight is 410 g/mol. The number of ketones is 3. The number of hydrogen-bond acceptors (Lipinski definition) is 7. The van der Waals surface area contributed by atoms with Gasteiger partial charge < -0.3 is 19.3 Å². The highest BCUT2D eigenvalue weighted by atomic mass is 16.5. The molecule has 7 heteroatoms. The number of aliphatic hydroxyl groups is 1. The van der Waals surface area contributed by atoms with Crippen molar-refractivity contribution in [2.24, 2.45) is 0 Å². The van der Waals surface area contributed by atoms with Crippen LogP contribution in [0.2, 0.25) is 0 Å². The van der Waals surface area contributed by atoms with E-state index in [0.717, 1.165) is 0 Å². The first kappa shape index (κ1) is 20.3. The van der Waals surface area contributed by atoms with Crippen LogP contribution in [-0.4, -0.2) is 49.4 Å². The molecule has 0 saturated heterocycles. The van der Waals surface area contributed by atoms with Crippen LogP contribution < -0.4 is 9.47 Å². The van der Waals surface area contributed by atoms with Crippen molar-refractivity contribution in [1.29, 1.82) is 0 Å². The Kier molecular flexibility index (Phi) is 4.75. The Hall–Kier alpha value is -3.03. The van der Waals surface area contributed by atoms with Crippen molar-refractivity contribution in [2.45, 2.75) is 31.5 Å². The zero-order valence-corrected chi connectivity index (χ0v) is 17.2. The van der Waals surface area contributed by atoms with E-state index in [1.807, 2.05) is 0 Å². The summed E-state index contributed by atoms with van der Waals surface area (Å²) in [7, 11) is 4.26. The van der Waals surface area contributed by atoms with Crippen molar-refractivity contribution in [3.8, 4) is 11.5 Å². The van der Waals surface area contributed by atoms with Crippen molar-refractivity contribution in [3.05, 3.63) is 57.6 Å². The van der Waals surface area contributed by atoms with Crippen LogP contribution in [0, 0.1) is 0 Å². The molecule has 2 aliphatic rings. The molecule has 0 unspecified atom stereocenters. The first-order chi connectivity index (χ1) is 14.3. The maximum absolute atomic E-state index is 13.4. The molecule has 0 radical (unpaired) electrons. The van der Waals surface area contributed by atoms with Crippen LogP contribution in [0.25, 0.3) is 0 Å². The predicted molar refractivity (Wildman–Crippen MR) is 107 cm³/mol. The summed E-state index contributed by atoms with van der Waals surface area (Å²) in [6.45, 7) is 1.31. The molecule has 4 rings (SSSR count). The minimum Gasteiger partial charge on any atom is -0.496 e. The number of methoxy groups -OCH3 is 3. The first-order valence-electron chi connectivity index (χ1n) is 9.54. The smallest absolute Gasteiger partial charge is 0.198 e. The zero-order chi connectivity index (χ0) is 21.8. The predicted octanol–water partition coefficient (Wildman–Crippen LogP) is 2.43. The molecule has 0 fully saturated rings. The maximum Gasteiger partial charge on any atom is 0.198 e. The van der Waals surface area contributed by atoms with Crippen LogP contribution in [0.15, 0.2) is 24.3 Å². The lowest BCUT2D eigenvalue weighted by molar-refractivity contribution is -0.140. The Morgan fingerprint density at radius 3 is 2.00 bits per heavy atom. The quantitative estimate of drug-likeness (QED) is 0.705. The Morgan fingerprint density at radius 1 is 1.00 bits per heavy atom. The van der Waals surface area contributed by atoms with E-state index >= 15 is 0 Å². The molecule has 2 atom stereocenters. The van der Waals surface area contributed by atoms with E-state index in [2.05, 4.69) is 0 Å². The first-order valence-corrected chi connectivity index (χ1v) is 9.54. The second-order valence-corrected chi connectivity index (χ2v) is 7.61. The van der Waals surface area contributed by atoms with Gasteiger partial charge in [-0.1, -0.05) is 24.3 Å². The SMILES string of the molecule is COc1c2c(c(OC)c3c1C(=O)c1ccccc1C3=O)[C@H](OC)C[C@@](O)(C(C)=O)C2. The van der Waals surface area contributed by atoms with Crippen LogP contribution in [0.4, 0.5) is 0 Å². The molecule has 0 saturated carbocycles. The number of hydrogen-bond donors (Lipinski definition) is 1. The van der Waals surface area contributed by atoms with Gasteiger partial charge in [0.2, 0.25) is 0 Å². The molecule has 2 aromatic rings. The number of Topliss-reactive ketones (excluding diaryl/α,β-unsaturated/α-hetero) is 1. The van der Waals surface area contributed by atoms with Gasteiger partial charge in [-0.15, -0.1) is 0 Å². The molecule has 0 bridgehead atoms. The van der Waals surface area contributed by atoms with Gasteiger partial charge in [0, 0.05) is 42.2 Å². The number of fused-ring (bicyclic) bond motifs is 3. The Morgan fingerprint density at radius 2 is 1.53 bits per heavy atom. The summed E-state index contributed by atoms with van der Waals surface area (Å²) >= 11 is 0. The largest absolute Gasteiger partial charge is 0.496 e. The van der Waals surface area contributed by atoms with E-state index in [-0.39, 0.29) is 52.6 Å². The van der Waals surface area contributed by atoms with Gasteiger partial charge in [0.05, 0.1) is 31.5 Å². The van der Waals surface area contributed by atoms with E-state index < -0.39 is 17.5 Å². The molecule has 156 valence electrons. The van der Waals surface area contributed by atoms with Gasteiger partial charge >= 0.3 is 0 Å². The topological polar surface area (TPSA) is 99.1 Å². The highest BCUT2D eigenvalue weighted by molar-refractivity contribution is 6.30. The Bertz CT molecular complexity index is 1100. The van der Waals surface area contributed by atoms with Gasteiger partial charge in [-0.3, -0.25) is 14.4 Å². The molecular weight excluding hydrogens is 388 g/mol. The summed E-state index contributed by atoms with van der Waals surface area (Å²) in [5.41, 5.74) is 0.0365. The molecule has 2 aliphatic carbocycles. The van der Waals surface area contributed by atoms with Crippen molar-refractivity contribution in [3.63, 3.8) is 0 Å². The zero-order valence-electron chi connectivity index (χ0n) is 17.2. The molecule has 0 amide bonds. The van der Waals surface area contributed by atoms with Gasteiger partial charge in [-0.2, -0.15) is 0 Å². The van der Waals surface area contributed by atoms with Crippen LogP contribution in [0.1, 0.15) is 62.4 Å². The molecule has 1 N–H and O–H groups in total. The summed E-state index contributed by atoms with van der Waals surface area (Å²) in [5.74, 6) is -0.757. The van der Waals surface area contributed by atoms with Crippen molar-refractivity contribution in [1.82, 2.24) is 0 Å². The van der Waals surface area contributed by atoms with Gasteiger partial charge in [-0.25, -0.2) is 0 Å². The van der Waals surface area contributed by atoms with E-state index in [1.54, 1.807) is 24.3 Å².